The van der Waals surface area contributed by atoms with E-state index in [1.807, 2.05) is 0 Å². The van der Waals surface area contributed by atoms with Gasteiger partial charge in [0.05, 0.1) is 17.2 Å². The first-order chi connectivity index (χ1) is 9.27. The number of halogens is 4. The van der Waals surface area contributed by atoms with E-state index in [4.69, 9.17) is 0 Å². The van der Waals surface area contributed by atoms with Crippen LogP contribution in [0, 0.1) is 5.92 Å². The summed E-state index contributed by atoms with van der Waals surface area (Å²) in [5.41, 5.74) is -0.819. The molecule has 1 aromatic rings. The Labute approximate surface area is 120 Å². The highest BCUT2D eigenvalue weighted by Gasteiger charge is 2.32. The van der Waals surface area contributed by atoms with E-state index in [-0.39, 0.29) is 24.6 Å². The number of benzene rings is 1. The molecule has 2 rings (SSSR count). The average Bonchev–Trinajstić information content (AvgIpc) is 2.77. The van der Waals surface area contributed by atoms with Crippen molar-refractivity contribution in [3.05, 3.63) is 28.2 Å². The van der Waals surface area contributed by atoms with Crippen LogP contribution in [0.2, 0.25) is 0 Å². The second kappa shape index (κ2) is 5.43. The lowest BCUT2D eigenvalue weighted by Crippen LogP contribution is -2.25. The van der Waals surface area contributed by atoms with Crippen LogP contribution in [0.4, 0.5) is 18.9 Å². The molecule has 0 spiro atoms. The molecule has 1 aromatic carbocycles. The van der Waals surface area contributed by atoms with Gasteiger partial charge < -0.3 is 10.6 Å². The Morgan fingerprint density at radius 3 is 2.65 bits per heavy atom. The van der Waals surface area contributed by atoms with Crippen LogP contribution in [0.1, 0.15) is 12.0 Å². The van der Waals surface area contributed by atoms with Crippen molar-refractivity contribution >= 4 is 33.4 Å². The first kappa shape index (κ1) is 14.8. The van der Waals surface area contributed by atoms with Gasteiger partial charge in [0.25, 0.3) is 0 Å². The minimum atomic E-state index is -4.48. The summed E-state index contributed by atoms with van der Waals surface area (Å²) < 4.78 is 38.2. The molecule has 4 nitrogen and oxygen atoms in total. The molecule has 1 saturated heterocycles. The number of nitrogens with one attached hydrogen (secondary N) is 2. The van der Waals surface area contributed by atoms with Crippen molar-refractivity contribution in [2.24, 2.45) is 5.92 Å². The van der Waals surface area contributed by atoms with Crippen molar-refractivity contribution in [1.82, 2.24) is 5.32 Å². The third kappa shape index (κ3) is 3.30. The zero-order valence-electron chi connectivity index (χ0n) is 10.1. The second-order valence-electron chi connectivity index (χ2n) is 4.39. The fourth-order valence-electron chi connectivity index (χ4n) is 1.82. The molecule has 8 heteroatoms. The van der Waals surface area contributed by atoms with Gasteiger partial charge in [-0.15, -0.1) is 0 Å². The van der Waals surface area contributed by atoms with Crippen molar-refractivity contribution in [3.63, 3.8) is 0 Å². The largest absolute Gasteiger partial charge is 0.416 e. The Bertz CT molecular complexity index is 560. The lowest BCUT2D eigenvalue weighted by molar-refractivity contribution is -0.137. The summed E-state index contributed by atoms with van der Waals surface area (Å²) in [7, 11) is 0. The van der Waals surface area contributed by atoms with Crippen LogP contribution >= 0.6 is 15.9 Å². The molecule has 1 heterocycles. The van der Waals surface area contributed by atoms with Crippen LogP contribution in [0.25, 0.3) is 0 Å². The van der Waals surface area contributed by atoms with Crippen LogP contribution in [-0.2, 0) is 15.8 Å². The number of carbonyl (C=O) groups excluding carboxylic acids is 2. The highest BCUT2D eigenvalue weighted by Crippen LogP contribution is 2.34. The molecule has 20 heavy (non-hydrogen) atoms. The third-order valence-corrected chi connectivity index (χ3v) is 3.59. The lowest BCUT2D eigenvalue weighted by atomic mass is 10.1. The highest BCUT2D eigenvalue weighted by atomic mass is 79.9. The fourth-order valence-corrected chi connectivity index (χ4v) is 2.17. The van der Waals surface area contributed by atoms with Crippen LogP contribution in [-0.4, -0.2) is 18.4 Å². The van der Waals surface area contributed by atoms with Crippen LogP contribution in [0.5, 0.6) is 0 Å². The van der Waals surface area contributed by atoms with Crippen molar-refractivity contribution in [3.8, 4) is 0 Å². The van der Waals surface area contributed by atoms with Crippen molar-refractivity contribution in [2.45, 2.75) is 12.6 Å². The first-order valence-corrected chi connectivity index (χ1v) is 6.51. The van der Waals surface area contributed by atoms with E-state index >= 15 is 0 Å². The Kier molecular flexibility index (Phi) is 4.03. The van der Waals surface area contributed by atoms with Crippen LogP contribution < -0.4 is 10.6 Å². The molecule has 1 aliphatic rings. The van der Waals surface area contributed by atoms with E-state index in [0.717, 1.165) is 12.1 Å². The Hall–Kier alpha value is -1.57. The predicted octanol–water partition coefficient (Wildman–Crippen LogP) is 2.54. The smallest absolute Gasteiger partial charge is 0.355 e. The topological polar surface area (TPSA) is 58.2 Å². The average molecular weight is 351 g/mol. The molecule has 0 saturated carbocycles. The molecule has 1 fully saturated rings. The van der Waals surface area contributed by atoms with Crippen LogP contribution in [0.15, 0.2) is 22.7 Å². The van der Waals surface area contributed by atoms with E-state index in [0.29, 0.717) is 4.47 Å². The summed E-state index contributed by atoms with van der Waals surface area (Å²) in [5, 5.41) is 4.90. The number of hydrogen-bond donors (Lipinski definition) is 2. The summed E-state index contributed by atoms with van der Waals surface area (Å²) in [4.78, 5) is 22.9. The standard InChI is InChI=1S/C12H10BrF3N2O2/c13-8-2-1-7(12(14,15)16)4-9(8)18-11(20)6-3-10(19)17-5-6/h1-2,4,6H,3,5H2,(H,17,19)(H,18,20). The maximum Gasteiger partial charge on any atom is 0.416 e. The summed E-state index contributed by atoms with van der Waals surface area (Å²) >= 11 is 3.08. The van der Waals surface area contributed by atoms with Gasteiger partial charge in [-0.3, -0.25) is 9.59 Å². The summed E-state index contributed by atoms with van der Waals surface area (Å²) in [6.45, 7) is 0.196. The van der Waals surface area contributed by atoms with Gasteiger partial charge in [-0.25, -0.2) is 0 Å². The molecular formula is C12H10BrF3N2O2. The van der Waals surface area contributed by atoms with Gasteiger partial charge >= 0.3 is 6.18 Å². The minimum absolute atomic E-state index is 0.0316. The van der Waals surface area contributed by atoms with E-state index < -0.39 is 23.6 Å². The van der Waals surface area contributed by atoms with Gasteiger partial charge in [-0.2, -0.15) is 13.2 Å². The Morgan fingerprint density at radius 1 is 1.40 bits per heavy atom. The molecule has 2 N–H and O–H groups in total. The molecule has 0 bridgehead atoms. The lowest BCUT2D eigenvalue weighted by Gasteiger charge is -2.13. The number of anilines is 1. The summed E-state index contributed by atoms with van der Waals surface area (Å²) in [6.07, 6.45) is -4.44. The van der Waals surface area contributed by atoms with E-state index in [9.17, 15) is 22.8 Å². The molecule has 0 radical (unpaired) electrons. The van der Waals surface area contributed by atoms with Crippen LogP contribution in [0.3, 0.4) is 0 Å². The predicted molar refractivity (Wildman–Crippen MR) is 68.9 cm³/mol. The van der Waals surface area contributed by atoms with Crippen molar-refractivity contribution in [1.29, 1.82) is 0 Å². The van der Waals surface area contributed by atoms with Crippen molar-refractivity contribution < 1.29 is 22.8 Å². The Balaban J connectivity index is 2.16. The van der Waals surface area contributed by atoms with Gasteiger partial charge in [-0.05, 0) is 34.1 Å². The zero-order valence-corrected chi connectivity index (χ0v) is 11.6. The third-order valence-electron chi connectivity index (χ3n) is 2.90. The number of carbonyl (C=O) groups is 2. The molecule has 1 aliphatic heterocycles. The molecule has 1 unspecified atom stereocenters. The van der Waals surface area contributed by atoms with E-state index in [2.05, 4.69) is 26.6 Å². The van der Waals surface area contributed by atoms with Gasteiger partial charge in [0, 0.05) is 17.4 Å². The van der Waals surface area contributed by atoms with Gasteiger partial charge in [-0.1, -0.05) is 0 Å². The van der Waals surface area contributed by atoms with E-state index in [1.54, 1.807) is 0 Å². The maximum atomic E-state index is 12.6. The van der Waals surface area contributed by atoms with Crippen molar-refractivity contribution in [2.75, 3.05) is 11.9 Å². The molecular weight excluding hydrogens is 341 g/mol. The summed E-state index contributed by atoms with van der Waals surface area (Å²) in [5.74, 6) is -1.29. The fraction of sp³-hybridized carbons (Fsp3) is 0.333. The quantitative estimate of drug-likeness (QED) is 0.861. The molecule has 0 aromatic heterocycles. The molecule has 108 valence electrons. The first-order valence-electron chi connectivity index (χ1n) is 5.71. The van der Waals surface area contributed by atoms with Gasteiger partial charge in [0.2, 0.25) is 11.8 Å². The monoisotopic (exact) mass is 350 g/mol. The summed E-state index contributed by atoms with van der Waals surface area (Å²) in [6, 6.07) is 2.99. The van der Waals surface area contributed by atoms with Gasteiger partial charge in [0.15, 0.2) is 0 Å². The molecule has 1 atom stereocenters. The molecule has 0 aliphatic carbocycles. The maximum absolute atomic E-state index is 12.6. The molecule has 2 amide bonds. The number of amides is 2. The Morgan fingerprint density at radius 2 is 2.10 bits per heavy atom. The normalized spacial score (nSPS) is 18.8. The van der Waals surface area contributed by atoms with Gasteiger partial charge in [0.1, 0.15) is 0 Å². The second-order valence-corrected chi connectivity index (χ2v) is 5.24. The highest BCUT2D eigenvalue weighted by molar-refractivity contribution is 9.10. The minimum Gasteiger partial charge on any atom is -0.355 e. The number of hydrogen-bond acceptors (Lipinski definition) is 2. The number of rotatable bonds is 2. The SMILES string of the molecule is O=C1CC(C(=O)Nc2cc(C(F)(F)F)ccc2Br)CN1. The number of alkyl halides is 3. The van der Waals surface area contributed by atoms with E-state index in [1.165, 1.54) is 6.07 Å². The zero-order chi connectivity index (χ0) is 14.9.